The van der Waals surface area contributed by atoms with Crippen LogP contribution < -0.4 is 5.73 Å². The molecule has 1 amide bonds. The van der Waals surface area contributed by atoms with Gasteiger partial charge in [0.15, 0.2) is 0 Å². The van der Waals surface area contributed by atoms with Crippen molar-refractivity contribution in [2.24, 2.45) is 5.73 Å². The maximum atomic E-state index is 11.5. The molecule has 0 aliphatic heterocycles. The van der Waals surface area contributed by atoms with E-state index in [1.165, 1.54) is 4.90 Å². The van der Waals surface area contributed by atoms with Crippen LogP contribution in [0.2, 0.25) is 0 Å². The molecular formula is C12H17BrN2O2. The van der Waals surface area contributed by atoms with Crippen LogP contribution in [0, 0.1) is 0 Å². The molecule has 0 fully saturated rings. The number of nitrogens with zero attached hydrogens (tertiary/aromatic N) is 1. The third kappa shape index (κ3) is 4.46. The first kappa shape index (κ1) is 14.2. The van der Waals surface area contributed by atoms with Crippen molar-refractivity contribution in [3.05, 3.63) is 34.3 Å². The van der Waals surface area contributed by atoms with Gasteiger partial charge in [-0.2, -0.15) is 0 Å². The van der Waals surface area contributed by atoms with E-state index in [2.05, 4.69) is 15.9 Å². The highest BCUT2D eigenvalue weighted by molar-refractivity contribution is 9.10. The average molecular weight is 301 g/mol. The van der Waals surface area contributed by atoms with E-state index >= 15 is 0 Å². The number of halogens is 1. The van der Waals surface area contributed by atoms with Gasteiger partial charge < -0.3 is 15.7 Å². The summed E-state index contributed by atoms with van der Waals surface area (Å²) in [5, 5.41) is 9.31. The number of likely N-dealkylation sites (N-methyl/N-ethyl adjacent to an activating group) is 1. The monoisotopic (exact) mass is 300 g/mol. The van der Waals surface area contributed by atoms with Crippen LogP contribution in [0.1, 0.15) is 5.56 Å². The lowest BCUT2D eigenvalue weighted by Gasteiger charge is -2.19. The predicted octanol–water partition coefficient (Wildman–Crippen LogP) is 0.770. The quantitative estimate of drug-likeness (QED) is 0.844. The van der Waals surface area contributed by atoms with Gasteiger partial charge in [0, 0.05) is 24.6 Å². The van der Waals surface area contributed by atoms with Crippen molar-refractivity contribution in [2.75, 3.05) is 20.1 Å². The zero-order valence-corrected chi connectivity index (χ0v) is 11.4. The van der Waals surface area contributed by atoms with E-state index in [-0.39, 0.29) is 12.5 Å². The van der Waals surface area contributed by atoms with Gasteiger partial charge in [-0.25, -0.2) is 0 Å². The van der Waals surface area contributed by atoms with Crippen molar-refractivity contribution in [1.82, 2.24) is 4.90 Å². The molecule has 0 radical (unpaired) electrons. The van der Waals surface area contributed by atoms with Gasteiger partial charge >= 0.3 is 0 Å². The molecule has 0 saturated carbocycles. The number of amides is 1. The molecule has 0 aliphatic carbocycles. The molecule has 94 valence electrons. The van der Waals surface area contributed by atoms with Crippen molar-refractivity contribution in [3.8, 4) is 0 Å². The number of aliphatic hydroxyl groups is 1. The molecule has 1 aromatic rings. The van der Waals surface area contributed by atoms with Crippen LogP contribution in [0.25, 0.3) is 0 Å². The molecule has 0 spiro atoms. The SMILES string of the molecule is CN(CCc1ccc(Br)cc1)C(=O)C(O)CN. The standard InChI is InChI=1S/C12H17BrN2O2/c1-15(12(17)11(16)8-14)7-6-9-2-4-10(13)5-3-9/h2-5,11,16H,6-8,14H2,1H3. The Morgan fingerprint density at radius 3 is 2.59 bits per heavy atom. The van der Waals surface area contributed by atoms with Crippen LogP contribution >= 0.6 is 15.9 Å². The highest BCUT2D eigenvalue weighted by Gasteiger charge is 2.17. The van der Waals surface area contributed by atoms with Crippen molar-refractivity contribution in [2.45, 2.75) is 12.5 Å². The van der Waals surface area contributed by atoms with Crippen LogP contribution in [0.3, 0.4) is 0 Å². The van der Waals surface area contributed by atoms with Crippen LogP contribution in [-0.2, 0) is 11.2 Å². The van der Waals surface area contributed by atoms with Gasteiger partial charge in [-0.05, 0) is 24.1 Å². The molecule has 17 heavy (non-hydrogen) atoms. The molecular weight excluding hydrogens is 284 g/mol. The maximum absolute atomic E-state index is 11.5. The van der Waals surface area contributed by atoms with Crippen molar-refractivity contribution < 1.29 is 9.90 Å². The van der Waals surface area contributed by atoms with E-state index in [4.69, 9.17) is 5.73 Å². The second-order valence-corrected chi connectivity index (χ2v) is 4.80. The fourth-order valence-electron chi connectivity index (χ4n) is 1.41. The molecule has 3 N–H and O–H groups in total. The third-order valence-electron chi connectivity index (χ3n) is 2.53. The van der Waals surface area contributed by atoms with Crippen LogP contribution in [-0.4, -0.2) is 42.2 Å². The second kappa shape index (κ2) is 6.74. The van der Waals surface area contributed by atoms with Crippen molar-refractivity contribution in [3.63, 3.8) is 0 Å². The minimum atomic E-state index is -1.09. The van der Waals surface area contributed by atoms with Crippen LogP contribution in [0.4, 0.5) is 0 Å². The van der Waals surface area contributed by atoms with Gasteiger partial charge in [0.25, 0.3) is 5.91 Å². The highest BCUT2D eigenvalue weighted by atomic mass is 79.9. The minimum absolute atomic E-state index is 0.0402. The van der Waals surface area contributed by atoms with Crippen molar-refractivity contribution in [1.29, 1.82) is 0 Å². The predicted molar refractivity (Wildman–Crippen MR) is 70.5 cm³/mol. The Balaban J connectivity index is 2.45. The first-order valence-corrected chi connectivity index (χ1v) is 6.21. The Morgan fingerprint density at radius 2 is 2.06 bits per heavy atom. The normalized spacial score (nSPS) is 12.2. The number of benzene rings is 1. The number of hydrogen-bond acceptors (Lipinski definition) is 3. The molecule has 0 saturated heterocycles. The Kier molecular flexibility index (Phi) is 5.61. The van der Waals surface area contributed by atoms with Crippen LogP contribution in [0.15, 0.2) is 28.7 Å². The van der Waals surface area contributed by atoms with E-state index in [1.807, 2.05) is 24.3 Å². The number of carbonyl (C=O) groups is 1. The zero-order chi connectivity index (χ0) is 12.8. The lowest BCUT2D eigenvalue weighted by Crippen LogP contribution is -2.41. The highest BCUT2D eigenvalue weighted by Crippen LogP contribution is 2.11. The van der Waals surface area contributed by atoms with E-state index in [0.717, 1.165) is 16.5 Å². The maximum Gasteiger partial charge on any atom is 0.252 e. The summed E-state index contributed by atoms with van der Waals surface area (Å²) in [4.78, 5) is 13.0. The van der Waals surface area contributed by atoms with Crippen molar-refractivity contribution >= 4 is 21.8 Å². The number of carbonyl (C=O) groups excluding carboxylic acids is 1. The van der Waals surface area contributed by atoms with Gasteiger partial charge in [0.1, 0.15) is 6.10 Å². The summed E-state index contributed by atoms with van der Waals surface area (Å²) in [5.41, 5.74) is 6.38. The van der Waals surface area contributed by atoms with E-state index in [0.29, 0.717) is 6.54 Å². The summed E-state index contributed by atoms with van der Waals surface area (Å²) in [6, 6.07) is 7.93. The van der Waals surface area contributed by atoms with Gasteiger partial charge in [-0.3, -0.25) is 4.79 Å². The Labute approximate surface area is 110 Å². The number of nitrogens with two attached hydrogens (primary N) is 1. The molecule has 1 unspecified atom stereocenters. The molecule has 0 heterocycles. The number of rotatable bonds is 5. The summed E-state index contributed by atoms with van der Waals surface area (Å²) >= 11 is 3.37. The molecule has 1 atom stereocenters. The fraction of sp³-hybridized carbons (Fsp3) is 0.417. The Hall–Kier alpha value is -0.910. The zero-order valence-electron chi connectivity index (χ0n) is 9.77. The summed E-state index contributed by atoms with van der Waals surface area (Å²) in [6.07, 6.45) is -0.336. The third-order valence-corrected chi connectivity index (χ3v) is 3.06. The first-order valence-electron chi connectivity index (χ1n) is 5.42. The Morgan fingerprint density at radius 1 is 1.47 bits per heavy atom. The van der Waals surface area contributed by atoms with Gasteiger partial charge in [0.2, 0.25) is 0 Å². The number of hydrogen-bond donors (Lipinski definition) is 2. The van der Waals surface area contributed by atoms with Gasteiger partial charge in [-0.1, -0.05) is 28.1 Å². The number of aliphatic hydroxyl groups excluding tert-OH is 1. The summed E-state index contributed by atoms with van der Waals surface area (Å²) in [7, 11) is 1.67. The molecule has 0 bridgehead atoms. The first-order chi connectivity index (χ1) is 8.04. The van der Waals surface area contributed by atoms with E-state index in [9.17, 15) is 9.90 Å². The molecule has 1 rings (SSSR count). The Bertz CT molecular complexity index is 367. The molecule has 1 aromatic carbocycles. The lowest BCUT2D eigenvalue weighted by atomic mass is 10.1. The van der Waals surface area contributed by atoms with Gasteiger partial charge in [-0.15, -0.1) is 0 Å². The summed E-state index contributed by atoms with van der Waals surface area (Å²) in [5.74, 6) is -0.329. The van der Waals surface area contributed by atoms with E-state index in [1.54, 1.807) is 7.05 Å². The average Bonchev–Trinajstić information content (AvgIpc) is 2.35. The van der Waals surface area contributed by atoms with Crippen LogP contribution in [0.5, 0.6) is 0 Å². The topological polar surface area (TPSA) is 66.6 Å². The van der Waals surface area contributed by atoms with Gasteiger partial charge in [0.05, 0.1) is 0 Å². The minimum Gasteiger partial charge on any atom is -0.382 e. The molecule has 4 nitrogen and oxygen atoms in total. The summed E-state index contributed by atoms with van der Waals surface area (Å²) in [6.45, 7) is 0.527. The summed E-state index contributed by atoms with van der Waals surface area (Å²) < 4.78 is 1.03. The second-order valence-electron chi connectivity index (χ2n) is 3.89. The largest absolute Gasteiger partial charge is 0.382 e. The molecule has 5 heteroatoms. The van der Waals surface area contributed by atoms with E-state index < -0.39 is 6.10 Å². The smallest absolute Gasteiger partial charge is 0.252 e. The molecule has 0 aliphatic rings. The lowest BCUT2D eigenvalue weighted by molar-refractivity contribution is -0.138. The fourth-order valence-corrected chi connectivity index (χ4v) is 1.68. The molecule has 0 aromatic heterocycles.